The van der Waals surface area contributed by atoms with Crippen LogP contribution in [0.1, 0.15) is 45.4 Å². The van der Waals surface area contributed by atoms with Crippen LogP contribution >= 0.6 is 0 Å². The van der Waals surface area contributed by atoms with E-state index in [0.29, 0.717) is 6.04 Å². The van der Waals surface area contributed by atoms with Crippen molar-refractivity contribution in [2.45, 2.75) is 57.1 Å². The first-order valence-electron chi connectivity index (χ1n) is 6.91. The Balaban J connectivity index is 2.09. The van der Waals surface area contributed by atoms with Gasteiger partial charge >= 0.3 is 0 Å². The summed E-state index contributed by atoms with van der Waals surface area (Å²) in [6, 6.07) is 0.349. The maximum atomic E-state index is 5.83. The minimum Gasteiger partial charge on any atom is -0.501 e. The van der Waals surface area contributed by atoms with Gasteiger partial charge in [-0.25, -0.2) is 0 Å². The molecule has 0 amide bonds. The van der Waals surface area contributed by atoms with Gasteiger partial charge in [0.15, 0.2) is 0 Å². The van der Waals surface area contributed by atoms with Gasteiger partial charge in [0.2, 0.25) is 0 Å². The molecule has 0 aromatic heterocycles. The molecule has 1 fully saturated rings. The van der Waals surface area contributed by atoms with Crippen molar-refractivity contribution in [1.29, 1.82) is 0 Å². The summed E-state index contributed by atoms with van der Waals surface area (Å²) in [5.41, 5.74) is 1.42. The average Bonchev–Trinajstić information content (AvgIpc) is 2.33. The summed E-state index contributed by atoms with van der Waals surface area (Å²) in [7, 11) is 1.85. The van der Waals surface area contributed by atoms with Gasteiger partial charge in [0.25, 0.3) is 0 Å². The Morgan fingerprint density at radius 3 is 2.76 bits per heavy atom. The molecular weight excluding hydrogens is 214 g/mol. The molecular formula is C14H25NO2. The molecule has 1 N–H and O–H groups in total. The standard InChI is InChI=1S/C14H25NO2/c1-3-9-15-13(12-6-4-10-17-11-12)14(16-2)7-5-8-14/h11,13,15H,3-10H2,1-2H3. The average molecular weight is 239 g/mol. The molecule has 0 bridgehead atoms. The Hall–Kier alpha value is -0.540. The highest BCUT2D eigenvalue weighted by molar-refractivity contribution is 5.19. The molecule has 2 aliphatic rings. The van der Waals surface area contributed by atoms with Crippen molar-refractivity contribution >= 4 is 0 Å². The first-order chi connectivity index (χ1) is 8.32. The number of nitrogens with one attached hydrogen (secondary N) is 1. The molecule has 1 atom stereocenters. The van der Waals surface area contributed by atoms with Crippen LogP contribution in [0, 0.1) is 0 Å². The van der Waals surface area contributed by atoms with E-state index in [-0.39, 0.29) is 5.60 Å². The van der Waals surface area contributed by atoms with E-state index in [1.54, 1.807) is 0 Å². The van der Waals surface area contributed by atoms with Gasteiger partial charge in [-0.15, -0.1) is 0 Å². The van der Waals surface area contributed by atoms with Gasteiger partial charge in [-0.1, -0.05) is 6.92 Å². The van der Waals surface area contributed by atoms with E-state index >= 15 is 0 Å². The Morgan fingerprint density at radius 2 is 2.29 bits per heavy atom. The molecule has 3 nitrogen and oxygen atoms in total. The lowest BCUT2D eigenvalue weighted by atomic mass is 9.71. The Morgan fingerprint density at radius 1 is 1.47 bits per heavy atom. The minimum atomic E-state index is 0.0295. The van der Waals surface area contributed by atoms with E-state index in [1.165, 1.54) is 24.8 Å². The molecule has 98 valence electrons. The lowest BCUT2D eigenvalue weighted by molar-refractivity contribution is -0.0914. The Labute approximate surface area is 105 Å². The molecule has 0 radical (unpaired) electrons. The van der Waals surface area contributed by atoms with Gasteiger partial charge in [0.1, 0.15) is 0 Å². The van der Waals surface area contributed by atoms with E-state index in [0.717, 1.165) is 32.4 Å². The first kappa shape index (κ1) is 12.9. The van der Waals surface area contributed by atoms with E-state index in [4.69, 9.17) is 9.47 Å². The summed E-state index contributed by atoms with van der Waals surface area (Å²) in [4.78, 5) is 0. The maximum absolute atomic E-state index is 5.83. The second-order valence-corrected chi connectivity index (χ2v) is 5.18. The van der Waals surface area contributed by atoms with Gasteiger partial charge in [-0.2, -0.15) is 0 Å². The van der Waals surface area contributed by atoms with Crippen molar-refractivity contribution in [2.75, 3.05) is 20.3 Å². The Kier molecular flexibility index (Phi) is 4.46. The molecule has 1 saturated carbocycles. The molecule has 0 aromatic rings. The number of methoxy groups -OCH3 is 1. The summed E-state index contributed by atoms with van der Waals surface area (Å²) in [6.07, 6.45) is 9.03. The monoisotopic (exact) mass is 239 g/mol. The highest BCUT2D eigenvalue weighted by atomic mass is 16.5. The third kappa shape index (κ3) is 2.66. The SMILES string of the molecule is CCCNC(C1=COCCC1)C1(OC)CCC1. The maximum Gasteiger partial charge on any atom is 0.0876 e. The summed E-state index contributed by atoms with van der Waals surface area (Å²) in [5.74, 6) is 0. The van der Waals surface area contributed by atoms with E-state index in [1.807, 2.05) is 13.4 Å². The van der Waals surface area contributed by atoms with Crippen molar-refractivity contribution in [1.82, 2.24) is 5.32 Å². The first-order valence-corrected chi connectivity index (χ1v) is 6.91. The van der Waals surface area contributed by atoms with Gasteiger partial charge < -0.3 is 14.8 Å². The predicted octanol–water partition coefficient (Wildman–Crippen LogP) is 2.62. The molecule has 3 heteroatoms. The summed E-state index contributed by atoms with van der Waals surface area (Å²) in [6.45, 7) is 4.12. The fourth-order valence-electron chi connectivity index (χ4n) is 2.88. The highest BCUT2D eigenvalue weighted by Gasteiger charge is 2.45. The van der Waals surface area contributed by atoms with Crippen LogP contribution in [-0.4, -0.2) is 31.9 Å². The zero-order chi connectivity index (χ0) is 12.1. The predicted molar refractivity (Wildman–Crippen MR) is 68.9 cm³/mol. The molecule has 1 aliphatic heterocycles. The molecule has 2 rings (SSSR count). The quantitative estimate of drug-likeness (QED) is 0.773. The number of hydrogen-bond acceptors (Lipinski definition) is 3. The van der Waals surface area contributed by atoms with Gasteiger partial charge in [0, 0.05) is 7.11 Å². The fourth-order valence-corrected chi connectivity index (χ4v) is 2.88. The van der Waals surface area contributed by atoms with Crippen LogP contribution in [0.3, 0.4) is 0 Å². The molecule has 1 heterocycles. The van der Waals surface area contributed by atoms with Crippen molar-refractivity contribution in [3.63, 3.8) is 0 Å². The van der Waals surface area contributed by atoms with Gasteiger partial charge in [-0.3, -0.25) is 0 Å². The second kappa shape index (κ2) is 5.87. The van der Waals surface area contributed by atoms with Crippen LogP contribution in [0.4, 0.5) is 0 Å². The zero-order valence-corrected chi connectivity index (χ0v) is 11.1. The minimum absolute atomic E-state index is 0.0295. The summed E-state index contributed by atoms with van der Waals surface area (Å²) >= 11 is 0. The van der Waals surface area contributed by atoms with Crippen molar-refractivity contribution in [2.24, 2.45) is 0 Å². The molecule has 0 spiro atoms. The molecule has 1 aliphatic carbocycles. The Bertz CT molecular complexity index is 266. The highest BCUT2D eigenvalue weighted by Crippen LogP contribution is 2.41. The van der Waals surface area contributed by atoms with Crippen LogP contribution in [0.5, 0.6) is 0 Å². The zero-order valence-electron chi connectivity index (χ0n) is 11.1. The molecule has 0 saturated heterocycles. The van der Waals surface area contributed by atoms with E-state index in [2.05, 4.69) is 12.2 Å². The van der Waals surface area contributed by atoms with Crippen LogP contribution in [0.15, 0.2) is 11.8 Å². The normalized spacial score (nSPS) is 24.5. The third-order valence-corrected chi connectivity index (χ3v) is 4.06. The second-order valence-electron chi connectivity index (χ2n) is 5.18. The van der Waals surface area contributed by atoms with Crippen LogP contribution in [0.25, 0.3) is 0 Å². The van der Waals surface area contributed by atoms with E-state index in [9.17, 15) is 0 Å². The number of rotatable bonds is 6. The van der Waals surface area contributed by atoms with Gasteiger partial charge in [0.05, 0.1) is 24.5 Å². The van der Waals surface area contributed by atoms with Crippen molar-refractivity contribution in [3.8, 4) is 0 Å². The fraction of sp³-hybridized carbons (Fsp3) is 0.857. The van der Waals surface area contributed by atoms with Gasteiger partial charge in [-0.05, 0) is 50.6 Å². The van der Waals surface area contributed by atoms with Crippen LogP contribution in [0.2, 0.25) is 0 Å². The van der Waals surface area contributed by atoms with E-state index < -0.39 is 0 Å². The van der Waals surface area contributed by atoms with Crippen molar-refractivity contribution < 1.29 is 9.47 Å². The summed E-state index contributed by atoms with van der Waals surface area (Å²) in [5, 5.41) is 3.66. The lowest BCUT2D eigenvalue weighted by Gasteiger charge is -2.48. The van der Waals surface area contributed by atoms with Crippen LogP contribution in [-0.2, 0) is 9.47 Å². The number of hydrogen-bond donors (Lipinski definition) is 1. The molecule has 1 unspecified atom stereocenters. The summed E-state index contributed by atoms with van der Waals surface area (Å²) < 4.78 is 11.3. The molecule has 0 aromatic carbocycles. The largest absolute Gasteiger partial charge is 0.501 e. The van der Waals surface area contributed by atoms with Crippen molar-refractivity contribution in [3.05, 3.63) is 11.8 Å². The smallest absolute Gasteiger partial charge is 0.0876 e. The van der Waals surface area contributed by atoms with Crippen LogP contribution < -0.4 is 5.32 Å². The lowest BCUT2D eigenvalue weighted by Crippen LogP contribution is -2.57. The topological polar surface area (TPSA) is 30.5 Å². The third-order valence-electron chi connectivity index (χ3n) is 4.06. The number of ether oxygens (including phenoxy) is 2. The molecule has 17 heavy (non-hydrogen) atoms.